The number of hydrogen-bond acceptors (Lipinski definition) is 6. The molecule has 1 aliphatic heterocycles. The van der Waals surface area contributed by atoms with E-state index in [1.807, 2.05) is 48.5 Å². The minimum atomic E-state index is -1.09. The number of carbonyl (C=O) groups is 2. The molecule has 8 heteroatoms. The van der Waals surface area contributed by atoms with E-state index < -0.39 is 30.0 Å². The van der Waals surface area contributed by atoms with Gasteiger partial charge in [-0.2, -0.15) is 0 Å². The maximum atomic E-state index is 14.4. The Morgan fingerprint density at radius 2 is 1.74 bits per heavy atom. The summed E-state index contributed by atoms with van der Waals surface area (Å²) in [5, 5.41) is 14.0. The number of ether oxygens (including phenoxy) is 2. The molecule has 0 saturated heterocycles. The number of aromatic nitrogens is 1. The highest BCUT2D eigenvalue weighted by atomic mass is 16.7. The molecule has 4 aromatic rings. The Morgan fingerprint density at radius 1 is 0.976 bits per heavy atom. The van der Waals surface area contributed by atoms with Crippen molar-refractivity contribution in [3.8, 4) is 11.5 Å². The molecular formula is C34H33N3O5. The predicted octanol–water partition coefficient (Wildman–Crippen LogP) is 5.27. The van der Waals surface area contributed by atoms with Gasteiger partial charge in [-0.25, -0.2) is 0 Å². The maximum Gasteiger partial charge on any atom is 0.259 e. The largest absolute Gasteiger partial charge is 0.454 e. The van der Waals surface area contributed by atoms with Gasteiger partial charge in [-0.05, 0) is 58.5 Å². The van der Waals surface area contributed by atoms with Crippen molar-refractivity contribution in [3.05, 3.63) is 119 Å². The molecular weight excluding hydrogens is 530 g/mol. The third-order valence-corrected chi connectivity index (χ3v) is 7.86. The van der Waals surface area contributed by atoms with Gasteiger partial charge in [0, 0.05) is 35.6 Å². The van der Waals surface area contributed by atoms with Crippen molar-refractivity contribution in [1.29, 1.82) is 0 Å². The molecule has 2 N–H and O–H groups in total. The average molecular weight is 564 g/mol. The second-order valence-electron chi connectivity index (χ2n) is 11.7. The van der Waals surface area contributed by atoms with Crippen molar-refractivity contribution < 1.29 is 24.2 Å². The fourth-order valence-corrected chi connectivity index (χ4v) is 5.61. The molecule has 0 bridgehead atoms. The molecule has 1 unspecified atom stereocenters. The van der Waals surface area contributed by atoms with E-state index in [1.54, 1.807) is 42.7 Å². The first-order chi connectivity index (χ1) is 20.2. The van der Waals surface area contributed by atoms with Gasteiger partial charge in [0.25, 0.3) is 5.91 Å². The number of benzene rings is 3. The lowest BCUT2D eigenvalue weighted by atomic mass is 9.87. The van der Waals surface area contributed by atoms with E-state index in [4.69, 9.17) is 9.47 Å². The Hall–Kier alpha value is -4.69. The molecule has 1 aromatic heterocycles. The van der Waals surface area contributed by atoms with Crippen LogP contribution in [0.3, 0.4) is 0 Å². The number of nitrogens with one attached hydrogen (secondary N) is 1. The molecule has 2 aliphatic rings. The number of rotatable bonds is 6. The van der Waals surface area contributed by atoms with Crippen molar-refractivity contribution >= 4 is 17.5 Å². The molecule has 8 nitrogen and oxygen atoms in total. The van der Waals surface area contributed by atoms with Crippen LogP contribution in [0.4, 0.5) is 5.69 Å². The highest BCUT2D eigenvalue weighted by molar-refractivity contribution is 6.10. The zero-order valence-electron chi connectivity index (χ0n) is 23.8. The Morgan fingerprint density at radius 3 is 2.48 bits per heavy atom. The van der Waals surface area contributed by atoms with E-state index in [-0.39, 0.29) is 12.2 Å². The Balaban J connectivity index is 1.45. The number of aliphatic hydroxyl groups is 1. The van der Waals surface area contributed by atoms with Gasteiger partial charge >= 0.3 is 0 Å². The number of hydrogen-bond donors (Lipinski definition) is 2. The van der Waals surface area contributed by atoms with E-state index in [0.29, 0.717) is 34.7 Å². The fourth-order valence-electron chi connectivity index (χ4n) is 5.61. The van der Waals surface area contributed by atoms with E-state index in [2.05, 4.69) is 31.1 Å². The number of pyridine rings is 1. The van der Waals surface area contributed by atoms with E-state index in [1.165, 1.54) is 4.90 Å². The predicted molar refractivity (Wildman–Crippen MR) is 159 cm³/mol. The molecule has 0 saturated carbocycles. The van der Waals surface area contributed by atoms with Gasteiger partial charge in [0.05, 0.1) is 12.1 Å². The third-order valence-electron chi connectivity index (χ3n) is 7.86. The van der Waals surface area contributed by atoms with Crippen LogP contribution >= 0.6 is 0 Å². The van der Waals surface area contributed by atoms with E-state index in [0.717, 1.165) is 16.7 Å². The van der Waals surface area contributed by atoms with Crippen LogP contribution in [0.15, 0.2) is 91.3 Å². The minimum Gasteiger partial charge on any atom is -0.454 e. The number of nitrogens with zero attached hydrogens (tertiary/aromatic N) is 2. The maximum absolute atomic E-state index is 14.4. The zero-order valence-corrected chi connectivity index (χ0v) is 23.8. The zero-order chi connectivity index (χ0) is 29.4. The minimum absolute atomic E-state index is 0.0802. The number of aliphatic hydroxyl groups excluding tert-OH is 1. The first kappa shape index (κ1) is 27.5. The molecule has 0 fully saturated rings. The van der Waals surface area contributed by atoms with Gasteiger partial charge in [0.15, 0.2) is 11.5 Å². The molecule has 3 aromatic carbocycles. The quantitative estimate of drug-likeness (QED) is 0.332. The summed E-state index contributed by atoms with van der Waals surface area (Å²) in [7, 11) is 0. The van der Waals surface area contributed by atoms with Crippen LogP contribution in [0.25, 0.3) is 0 Å². The summed E-state index contributed by atoms with van der Waals surface area (Å²) in [6, 6.07) is 22.2. The van der Waals surface area contributed by atoms with Crippen LogP contribution in [0, 0.1) is 0 Å². The molecule has 0 spiro atoms. The molecule has 0 radical (unpaired) electrons. The fraction of sp³-hybridized carbons (Fsp3) is 0.265. The van der Waals surface area contributed by atoms with Gasteiger partial charge < -0.3 is 19.9 Å². The summed E-state index contributed by atoms with van der Waals surface area (Å²) in [5.41, 5.74) is 4.26. The van der Waals surface area contributed by atoms with Crippen molar-refractivity contribution in [2.45, 2.75) is 50.8 Å². The summed E-state index contributed by atoms with van der Waals surface area (Å²) in [6.07, 6.45) is 2.86. The lowest BCUT2D eigenvalue weighted by Gasteiger charge is -2.33. The first-order valence-electron chi connectivity index (χ1n) is 14.0. The van der Waals surface area contributed by atoms with Crippen LogP contribution in [-0.2, 0) is 16.6 Å². The molecule has 2 heterocycles. The topological polar surface area (TPSA) is 101 Å². The number of carbonyl (C=O) groups excluding carboxylic acids is 2. The second kappa shape index (κ2) is 10.9. The SMILES string of the molecule is CC(C)(C)c1ccc(N(C(=O)c2ccc3c(c2)OCO3)C(C(=O)N[C@H]2c3ccccc3C[C@@H]2O)c2cccnc2)cc1. The van der Waals surface area contributed by atoms with Gasteiger partial charge in [-0.1, -0.05) is 63.2 Å². The normalized spacial score (nSPS) is 17.8. The van der Waals surface area contributed by atoms with Crippen LogP contribution in [0.2, 0.25) is 0 Å². The Labute approximate surface area is 244 Å². The summed E-state index contributed by atoms with van der Waals surface area (Å²) in [6.45, 7) is 6.44. The van der Waals surface area contributed by atoms with Gasteiger partial charge in [-0.3, -0.25) is 19.5 Å². The average Bonchev–Trinajstić information content (AvgIpc) is 3.59. The number of fused-ring (bicyclic) bond motifs is 2. The molecule has 42 heavy (non-hydrogen) atoms. The van der Waals surface area contributed by atoms with E-state index >= 15 is 0 Å². The first-order valence-corrected chi connectivity index (χ1v) is 14.0. The smallest absolute Gasteiger partial charge is 0.259 e. The summed E-state index contributed by atoms with van der Waals surface area (Å²) in [5.74, 6) is 0.200. The number of anilines is 1. The lowest BCUT2D eigenvalue weighted by molar-refractivity contribution is -0.124. The summed E-state index contributed by atoms with van der Waals surface area (Å²) < 4.78 is 11.0. The standard InChI is InChI=1S/C34H33N3O5/c1-34(2,3)24-11-13-25(14-12-24)37(33(40)22-10-15-28-29(18-22)42-20-41-28)31(23-8-6-16-35-19-23)32(39)36-30-26-9-5-4-7-21(26)17-27(30)38/h4-16,18-19,27,30-31,38H,17,20H2,1-3H3,(H,36,39)/t27-,30-,31?/m0/s1. The Kier molecular flexibility index (Phi) is 7.16. The summed E-state index contributed by atoms with van der Waals surface area (Å²) >= 11 is 0. The molecule has 2 amide bonds. The molecule has 6 rings (SSSR count). The van der Waals surface area contributed by atoms with Crippen molar-refractivity contribution in [2.75, 3.05) is 11.7 Å². The third kappa shape index (κ3) is 5.21. The monoisotopic (exact) mass is 563 g/mol. The van der Waals surface area contributed by atoms with Crippen LogP contribution in [0.1, 0.15) is 65.5 Å². The van der Waals surface area contributed by atoms with Crippen LogP contribution in [-0.4, -0.2) is 34.8 Å². The van der Waals surface area contributed by atoms with Crippen molar-refractivity contribution in [2.24, 2.45) is 0 Å². The summed E-state index contributed by atoms with van der Waals surface area (Å²) in [4.78, 5) is 34.5. The highest BCUT2D eigenvalue weighted by Gasteiger charge is 2.38. The second-order valence-corrected chi connectivity index (χ2v) is 11.7. The van der Waals surface area contributed by atoms with Crippen molar-refractivity contribution in [1.82, 2.24) is 10.3 Å². The van der Waals surface area contributed by atoms with Gasteiger partial charge in [0.1, 0.15) is 6.04 Å². The van der Waals surface area contributed by atoms with Crippen LogP contribution < -0.4 is 19.7 Å². The van der Waals surface area contributed by atoms with Crippen LogP contribution in [0.5, 0.6) is 11.5 Å². The van der Waals surface area contributed by atoms with Gasteiger partial charge in [0.2, 0.25) is 12.7 Å². The van der Waals surface area contributed by atoms with E-state index in [9.17, 15) is 14.7 Å². The Bertz CT molecular complexity index is 1610. The molecule has 214 valence electrons. The highest BCUT2D eigenvalue weighted by Crippen LogP contribution is 2.37. The van der Waals surface area contributed by atoms with Crippen molar-refractivity contribution in [3.63, 3.8) is 0 Å². The van der Waals surface area contributed by atoms with Gasteiger partial charge in [-0.15, -0.1) is 0 Å². The molecule has 1 aliphatic carbocycles. The number of amides is 2. The lowest BCUT2D eigenvalue weighted by Crippen LogP contribution is -2.46. The molecule has 3 atom stereocenters.